The van der Waals surface area contributed by atoms with Crippen molar-refractivity contribution in [3.8, 4) is 0 Å². The molecule has 6 rings (SSSR count). The van der Waals surface area contributed by atoms with E-state index in [2.05, 4.69) is 5.32 Å². The topological polar surface area (TPSA) is 213 Å². The molecule has 1 saturated heterocycles. The Hall–Kier alpha value is -4.61. The third-order valence-corrected chi connectivity index (χ3v) is 13.5. The average Bonchev–Trinajstić information content (AvgIpc) is 3.20. The van der Waals surface area contributed by atoms with Crippen LogP contribution in [0.3, 0.4) is 0 Å². The molecule has 1 amide bonds. The molecule has 2 bridgehead atoms. The molecule has 1 heterocycles. The van der Waals surface area contributed by atoms with Crippen LogP contribution >= 0.6 is 0 Å². The highest BCUT2D eigenvalue weighted by Gasteiger charge is 2.81. The zero-order valence-electron chi connectivity index (χ0n) is 37.1. The molecule has 16 heteroatoms. The molecule has 0 aromatic heterocycles. The Balaban J connectivity index is 1.55. The largest absolute Gasteiger partial charge is 0.456 e. The smallest absolute Gasteiger partial charge is 0.408 e. The van der Waals surface area contributed by atoms with Crippen LogP contribution in [0, 0.1) is 16.7 Å². The fraction of sp³-hybridized carbons (Fsp3) is 0.587. The number of carbonyl (C=O) groups excluding carboxylic acids is 5. The molecule has 335 valence electrons. The van der Waals surface area contributed by atoms with E-state index in [4.69, 9.17) is 28.3 Å². The monoisotopic (exact) mass is 860 g/mol. The summed E-state index contributed by atoms with van der Waals surface area (Å²) in [7, 11) is 1.42. The standard InChI is InChI=1S/C46H59BNO14/c1-11-47-62-34-31-25(2)29(58-39(54)33(51)32(27-18-14-12-15-19-27)48-40(55)61-41(4,5)6)22-45(56,42(31,7)8)37(59-38(53)28-20-16-13-17-21-28)35-44(10,36(34)52)30(50)23-43(9)46(35,24-57-43)60-26(3)49/h12-21,29-30,32-35,37,50-51,56H,11,22-24H2,1-10H3,(H,48,55)/t29-,30?,32-,33+,34+,35-,37-,43+,44+,45+,46?/m0/s1. The van der Waals surface area contributed by atoms with Gasteiger partial charge < -0.3 is 49.0 Å². The predicted octanol–water partition coefficient (Wildman–Crippen LogP) is 4.73. The summed E-state index contributed by atoms with van der Waals surface area (Å²) in [4.78, 5) is 70.5. The lowest BCUT2D eigenvalue weighted by Gasteiger charge is -2.70. The van der Waals surface area contributed by atoms with Gasteiger partial charge in [0.2, 0.25) is 0 Å². The quantitative estimate of drug-likeness (QED) is 0.104. The van der Waals surface area contributed by atoms with Crippen LogP contribution in [0.5, 0.6) is 0 Å². The molecule has 2 unspecified atom stereocenters. The number of benzene rings is 2. The third kappa shape index (κ3) is 7.86. The molecule has 11 atom stereocenters. The van der Waals surface area contributed by atoms with Gasteiger partial charge in [-0.1, -0.05) is 75.6 Å². The van der Waals surface area contributed by atoms with Crippen molar-refractivity contribution in [2.75, 3.05) is 6.61 Å². The second-order valence-corrected chi connectivity index (χ2v) is 18.9. The van der Waals surface area contributed by atoms with E-state index in [0.717, 1.165) is 0 Å². The van der Waals surface area contributed by atoms with E-state index < -0.39 is 112 Å². The first-order valence-electron chi connectivity index (χ1n) is 21.0. The zero-order chi connectivity index (χ0) is 45.8. The molecule has 2 aromatic carbocycles. The van der Waals surface area contributed by atoms with Crippen LogP contribution in [0.1, 0.15) is 104 Å². The minimum absolute atomic E-state index is 0.103. The van der Waals surface area contributed by atoms with Crippen LogP contribution < -0.4 is 5.32 Å². The molecular weight excluding hydrogens is 801 g/mol. The second-order valence-electron chi connectivity index (χ2n) is 18.9. The van der Waals surface area contributed by atoms with E-state index in [1.807, 2.05) is 0 Å². The van der Waals surface area contributed by atoms with Gasteiger partial charge in [-0.25, -0.2) is 14.4 Å². The summed E-state index contributed by atoms with van der Waals surface area (Å²) >= 11 is 0. The molecule has 1 radical (unpaired) electrons. The molecule has 4 N–H and O–H groups in total. The van der Waals surface area contributed by atoms with Crippen molar-refractivity contribution >= 4 is 37.3 Å². The number of hydrogen-bond donors (Lipinski definition) is 4. The molecule has 3 aliphatic carbocycles. The zero-order valence-corrected chi connectivity index (χ0v) is 37.1. The molecular formula is C46H59BNO14. The van der Waals surface area contributed by atoms with Gasteiger partial charge >= 0.3 is 24.0 Å². The first kappa shape index (κ1) is 46.9. The summed E-state index contributed by atoms with van der Waals surface area (Å²) in [6.45, 7) is 15.8. The first-order valence-corrected chi connectivity index (χ1v) is 21.0. The van der Waals surface area contributed by atoms with E-state index in [1.165, 1.54) is 33.5 Å². The average molecular weight is 861 g/mol. The molecule has 15 nitrogen and oxygen atoms in total. The van der Waals surface area contributed by atoms with Gasteiger partial charge in [0.1, 0.15) is 35.1 Å². The van der Waals surface area contributed by atoms with Crippen LogP contribution in [0.25, 0.3) is 0 Å². The maximum Gasteiger partial charge on any atom is 0.408 e. The first-order chi connectivity index (χ1) is 28.9. The molecule has 0 spiro atoms. The van der Waals surface area contributed by atoms with E-state index in [9.17, 15) is 34.5 Å². The minimum Gasteiger partial charge on any atom is -0.456 e. The Labute approximate surface area is 363 Å². The van der Waals surface area contributed by atoms with Crippen molar-refractivity contribution in [3.63, 3.8) is 0 Å². The van der Waals surface area contributed by atoms with Crippen molar-refractivity contribution in [2.45, 2.75) is 147 Å². The highest BCUT2D eigenvalue weighted by atomic mass is 16.6. The van der Waals surface area contributed by atoms with Crippen LogP contribution in [-0.2, 0) is 42.7 Å². The highest BCUT2D eigenvalue weighted by Crippen LogP contribution is 2.67. The minimum atomic E-state index is -2.31. The summed E-state index contributed by atoms with van der Waals surface area (Å²) in [6, 6.07) is 14.9. The number of fused-ring (bicyclic) bond motifs is 5. The van der Waals surface area contributed by atoms with E-state index in [1.54, 1.807) is 104 Å². The number of carbonyl (C=O) groups is 5. The fourth-order valence-corrected chi connectivity index (χ4v) is 10.2. The maximum atomic E-state index is 15.7. The Kier molecular flexibility index (Phi) is 12.7. The maximum absolute atomic E-state index is 15.7. The summed E-state index contributed by atoms with van der Waals surface area (Å²) < 4.78 is 36.7. The third-order valence-electron chi connectivity index (χ3n) is 13.5. The van der Waals surface area contributed by atoms with Gasteiger partial charge in [0.15, 0.2) is 17.5 Å². The summed E-state index contributed by atoms with van der Waals surface area (Å²) in [5.41, 5.74) is -8.92. The van der Waals surface area contributed by atoms with Crippen LogP contribution in [0.4, 0.5) is 4.79 Å². The fourth-order valence-electron chi connectivity index (χ4n) is 10.2. The molecule has 3 fully saturated rings. The molecule has 4 aliphatic rings. The van der Waals surface area contributed by atoms with Gasteiger partial charge in [0.25, 0.3) is 7.48 Å². The Morgan fingerprint density at radius 1 is 0.968 bits per heavy atom. The summed E-state index contributed by atoms with van der Waals surface area (Å²) in [5, 5.41) is 40.4. The SMILES string of the molecule is CC[B]O[C@H]1C(=O)[C@]2(C)C(O)C[C@@]3(C)OCC3(OC(C)=O)[C@H]2[C@H](OC(=O)c2ccccc2)[C@]2(O)C[C@H](OC(=O)[C@H](O)[C@@H](NC(=O)OC(C)(C)C)c3ccccc3)C(C)=C1C2(C)C. The number of ether oxygens (including phenoxy) is 5. The molecule has 62 heavy (non-hydrogen) atoms. The number of ketones is 1. The number of hydrogen-bond acceptors (Lipinski definition) is 14. The van der Waals surface area contributed by atoms with Gasteiger partial charge in [0.05, 0.1) is 35.6 Å². The number of nitrogens with one attached hydrogen (secondary N) is 1. The van der Waals surface area contributed by atoms with Gasteiger partial charge in [-0.05, 0) is 70.4 Å². The number of alkyl carbamates (subject to hydrolysis) is 1. The number of esters is 3. The van der Waals surface area contributed by atoms with Crippen molar-refractivity contribution in [1.82, 2.24) is 5.32 Å². The Morgan fingerprint density at radius 2 is 1.58 bits per heavy atom. The Bertz CT molecular complexity index is 2090. The molecule has 2 aromatic rings. The van der Waals surface area contributed by atoms with Crippen molar-refractivity contribution in [1.29, 1.82) is 0 Å². The van der Waals surface area contributed by atoms with Gasteiger partial charge in [-0.3, -0.25) is 9.59 Å². The number of aliphatic hydroxyl groups is 3. The van der Waals surface area contributed by atoms with Crippen molar-refractivity contribution < 1.29 is 67.6 Å². The number of Topliss-reactive ketones (excluding diaryl/α,β-unsaturated/α-hetero) is 1. The lowest BCUT2D eigenvalue weighted by molar-refractivity contribution is -0.383. The lowest BCUT2D eigenvalue weighted by Crippen LogP contribution is -2.85. The van der Waals surface area contributed by atoms with Crippen LogP contribution in [-0.4, -0.2) is 112 Å². The van der Waals surface area contributed by atoms with E-state index >= 15 is 4.79 Å². The highest BCUT2D eigenvalue weighted by molar-refractivity contribution is 6.27. The van der Waals surface area contributed by atoms with Crippen LogP contribution in [0.2, 0.25) is 6.32 Å². The van der Waals surface area contributed by atoms with Crippen molar-refractivity contribution in [3.05, 3.63) is 82.9 Å². The number of aliphatic hydroxyl groups excluding tert-OH is 2. The number of amides is 1. The summed E-state index contributed by atoms with van der Waals surface area (Å²) in [6.07, 6.45) is -9.42. The van der Waals surface area contributed by atoms with Gasteiger partial charge in [-0.2, -0.15) is 0 Å². The molecule has 1 aliphatic heterocycles. The van der Waals surface area contributed by atoms with Crippen LogP contribution in [0.15, 0.2) is 71.8 Å². The van der Waals surface area contributed by atoms with Crippen molar-refractivity contribution in [2.24, 2.45) is 16.7 Å². The Morgan fingerprint density at radius 3 is 2.13 bits per heavy atom. The summed E-state index contributed by atoms with van der Waals surface area (Å²) in [5.74, 6) is -4.98. The predicted molar refractivity (Wildman–Crippen MR) is 223 cm³/mol. The second kappa shape index (κ2) is 16.8. The van der Waals surface area contributed by atoms with E-state index in [0.29, 0.717) is 17.5 Å². The lowest BCUT2D eigenvalue weighted by atomic mass is 9.42. The number of rotatable bonds is 11. The van der Waals surface area contributed by atoms with Gasteiger partial charge in [-0.15, -0.1) is 0 Å². The van der Waals surface area contributed by atoms with E-state index in [-0.39, 0.29) is 24.2 Å². The molecule has 2 saturated carbocycles. The van der Waals surface area contributed by atoms with Gasteiger partial charge in [0, 0.05) is 25.2 Å². The normalized spacial score (nSPS) is 33.4.